The molecule has 0 radical (unpaired) electrons. The number of hydrogen-bond acceptors (Lipinski definition) is 6. The van der Waals surface area contributed by atoms with E-state index in [2.05, 4.69) is 14.7 Å². The SMILES string of the molecule is O=[N+]([O-])c1ccc(S(=O)(=O)[N-]c2cccc3ccc4cccnc4c23)cc1.[CH3-].[Pd+2].c1ccncc1. The summed E-state index contributed by atoms with van der Waals surface area (Å²) in [6.45, 7) is 0. The number of nitro benzene ring substituents is 1. The average Bonchev–Trinajstić information content (AvgIpc) is 2.85. The molecule has 0 aliphatic heterocycles. The van der Waals surface area contributed by atoms with E-state index >= 15 is 0 Å². The number of aromatic nitrogens is 2. The number of hydrogen-bond donors (Lipinski definition) is 0. The number of fused-ring (bicyclic) bond motifs is 3. The van der Waals surface area contributed by atoms with Gasteiger partial charge in [0.1, 0.15) is 10.0 Å². The summed E-state index contributed by atoms with van der Waals surface area (Å²) in [5, 5.41) is 13.1. The summed E-state index contributed by atoms with van der Waals surface area (Å²) >= 11 is 0. The Kier molecular flexibility index (Phi) is 9.54. The molecule has 0 fully saturated rings. The van der Waals surface area contributed by atoms with E-state index in [4.69, 9.17) is 0 Å². The molecule has 2 aromatic heterocycles. The molecule has 0 aliphatic carbocycles. The van der Waals surface area contributed by atoms with Crippen molar-refractivity contribution in [2.45, 2.75) is 4.90 Å². The van der Waals surface area contributed by atoms with Crippen molar-refractivity contribution in [2.24, 2.45) is 0 Å². The molecule has 180 valence electrons. The van der Waals surface area contributed by atoms with Crippen LogP contribution in [0.4, 0.5) is 11.4 Å². The molecule has 0 amide bonds. The second-order valence-electron chi connectivity index (χ2n) is 6.86. The van der Waals surface area contributed by atoms with Crippen LogP contribution in [0.15, 0.2) is 108 Å². The summed E-state index contributed by atoms with van der Waals surface area (Å²) in [5.74, 6) is 0. The van der Waals surface area contributed by atoms with Gasteiger partial charge in [0, 0.05) is 36.1 Å². The van der Waals surface area contributed by atoms with E-state index in [1.54, 1.807) is 30.7 Å². The number of benzene rings is 3. The molecule has 0 atom stereocenters. The number of non-ortho nitro benzene ring substituents is 1. The fraction of sp³-hybridized carbons (Fsp3) is 0. The Morgan fingerprint density at radius 1 is 0.771 bits per heavy atom. The summed E-state index contributed by atoms with van der Waals surface area (Å²) < 4.78 is 29.4. The first-order valence-corrected chi connectivity index (χ1v) is 11.2. The molecule has 8 nitrogen and oxygen atoms in total. The molecular weight excluding hydrogens is 559 g/mol. The second-order valence-corrected chi connectivity index (χ2v) is 8.46. The zero-order chi connectivity index (χ0) is 23.3. The van der Waals surface area contributed by atoms with Gasteiger partial charge in [-0.2, -0.15) is 0 Å². The van der Waals surface area contributed by atoms with E-state index in [1.165, 1.54) is 12.1 Å². The van der Waals surface area contributed by atoms with Gasteiger partial charge in [-0.15, -0.1) is 5.69 Å². The normalized spacial score (nSPS) is 10.3. The maximum absolute atomic E-state index is 12.7. The Morgan fingerprint density at radius 3 is 2.03 bits per heavy atom. The molecule has 5 aromatic rings. The van der Waals surface area contributed by atoms with Crippen LogP contribution < -0.4 is 0 Å². The number of rotatable bonds is 4. The van der Waals surface area contributed by atoms with E-state index in [0.717, 1.165) is 22.9 Å². The van der Waals surface area contributed by atoms with Crippen LogP contribution in [0, 0.1) is 17.5 Å². The first kappa shape index (κ1) is 27.5. The monoisotopic (exact) mass is 578 g/mol. The van der Waals surface area contributed by atoms with E-state index in [0.29, 0.717) is 10.9 Å². The Bertz CT molecular complexity index is 1500. The molecule has 2 heterocycles. The van der Waals surface area contributed by atoms with E-state index < -0.39 is 14.9 Å². The van der Waals surface area contributed by atoms with Gasteiger partial charge in [0.15, 0.2) is 0 Å². The number of nitro groups is 1. The van der Waals surface area contributed by atoms with Gasteiger partial charge in [-0.25, -0.2) is 8.42 Å². The summed E-state index contributed by atoms with van der Waals surface area (Å²) in [5.41, 5.74) is 0.748. The molecule has 0 aliphatic rings. The summed E-state index contributed by atoms with van der Waals surface area (Å²) in [7, 11) is -4.04. The van der Waals surface area contributed by atoms with Crippen LogP contribution in [-0.2, 0) is 30.4 Å². The molecular formula is C25H20N4O4PdS. The minimum atomic E-state index is -4.04. The average molecular weight is 579 g/mol. The maximum Gasteiger partial charge on any atom is 2.00 e. The summed E-state index contributed by atoms with van der Waals surface area (Å²) in [4.78, 5) is 18.2. The predicted octanol–water partition coefficient (Wildman–Crippen LogP) is 6.22. The van der Waals surface area contributed by atoms with Crippen molar-refractivity contribution in [3.05, 3.63) is 126 Å². The summed E-state index contributed by atoms with van der Waals surface area (Å²) in [6.07, 6.45) is 5.14. The van der Waals surface area contributed by atoms with E-state index in [1.807, 2.05) is 48.5 Å². The molecule has 5 rings (SSSR count). The standard InChI is InChI=1S/C19H12N3O4S.C5H5N.CH3.Pd/c23-22(24)15-8-10-16(11-9-15)27(25,26)21-17-5-1-3-13-6-7-14-4-2-12-20-19(14)18(13)17;1-2-4-6-5-3-1;;/h1-12H;1-5H;1H3;/q-1;;-1;+2. The minimum absolute atomic E-state index is 0. The van der Waals surface area contributed by atoms with Crippen LogP contribution >= 0.6 is 0 Å². The van der Waals surface area contributed by atoms with Crippen molar-refractivity contribution in [3.63, 3.8) is 0 Å². The van der Waals surface area contributed by atoms with Gasteiger partial charge in [0.25, 0.3) is 5.69 Å². The molecule has 3 aromatic carbocycles. The zero-order valence-electron chi connectivity index (χ0n) is 18.5. The third-order valence-corrected chi connectivity index (χ3v) is 6.03. The number of pyridine rings is 2. The topological polar surface area (TPSA) is 117 Å². The molecule has 0 unspecified atom stereocenters. The zero-order valence-corrected chi connectivity index (χ0v) is 20.8. The fourth-order valence-corrected chi connectivity index (χ4v) is 4.20. The molecule has 0 spiro atoms. The third kappa shape index (κ3) is 6.45. The van der Waals surface area contributed by atoms with Gasteiger partial charge < -0.3 is 12.1 Å². The molecule has 0 saturated heterocycles. The molecule has 35 heavy (non-hydrogen) atoms. The number of sulfonamides is 1. The van der Waals surface area contributed by atoms with Crippen LogP contribution in [0.5, 0.6) is 0 Å². The van der Waals surface area contributed by atoms with Crippen molar-refractivity contribution in [1.29, 1.82) is 0 Å². The van der Waals surface area contributed by atoms with Gasteiger partial charge in [0.2, 0.25) is 0 Å². The fourth-order valence-electron chi connectivity index (χ4n) is 3.21. The minimum Gasteiger partial charge on any atom is -0.572 e. The third-order valence-electron chi connectivity index (χ3n) is 4.72. The first-order chi connectivity index (χ1) is 16.0. The van der Waals surface area contributed by atoms with Crippen molar-refractivity contribution >= 4 is 43.1 Å². The Balaban J connectivity index is 0.000000475. The molecule has 0 N–H and O–H groups in total. The quantitative estimate of drug-likeness (QED) is 0.0821. The Morgan fingerprint density at radius 2 is 1.43 bits per heavy atom. The van der Waals surface area contributed by atoms with Crippen molar-refractivity contribution in [3.8, 4) is 0 Å². The second kappa shape index (κ2) is 12.1. The Hall–Kier alpha value is -3.71. The molecule has 0 bridgehead atoms. The van der Waals surface area contributed by atoms with Crippen LogP contribution in [0.3, 0.4) is 0 Å². The van der Waals surface area contributed by atoms with Gasteiger partial charge in [-0.1, -0.05) is 42.5 Å². The van der Waals surface area contributed by atoms with Crippen LogP contribution in [0.2, 0.25) is 0 Å². The smallest absolute Gasteiger partial charge is 0.572 e. The molecule has 10 heteroatoms. The van der Waals surface area contributed by atoms with Gasteiger partial charge in [-0.05, 0) is 41.1 Å². The van der Waals surface area contributed by atoms with Crippen molar-refractivity contribution in [1.82, 2.24) is 9.97 Å². The van der Waals surface area contributed by atoms with Crippen LogP contribution in [0.1, 0.15) is 0 Å². The molecule has 0 saturated carbocycles. The largest absolute Gasteiger partial charge is 2.00 e. The van der Waals surface area contributed by atoms with Crippen LogP contribution in [0.25, 0.3) is 26.4 Å². The van der Waals surface area contributed by atoms with Crippen LogP contribution in [-0.4, -0.2) is 23.3 Å². The van der Waals surface area contributed by atoms with Crippen molar-refractivity contribution < 1.29 is 33.8 Å². The maximum atomic E-state index is 12.7. The van der Waals surface area contributed by atoms with Gasteiger partial charge >= 0.3 is 20.4 Å². The van der Waals surface area contributed by atoms with E-state index in [-0.39, 0.29) is 44.1 Å². The van der Waals surface area contributed by atoms with Gasteiger partial charge in [-0.3, -0.25) is 20.1 Å². The number of nitrogens with zero attached hydrogens (tertiary/aromatic N) is 4. The van der Waals surface area contributed by atoms with Crippen molar-refractivity contribution in [2.75, 3.05) is 0 Å². The first-order valence-electron chi connectivity index (χ1n) is 9.80. The van der Waals surface area contributed by atoms with E-state index in [9.17, 15) is 18.5 Å². The summed E-state index contributed by atoms with van der Waals surface area (Å²) in [6, 6.07) is 23.1. The van der Waals surface area contributed by atoms with Gasteiger partial charge in [0.05, 0.1) is 15.3 Å². The predicted molar refractivity (Wildman–Crippen MR) is 133 cm³/mol. The Labute approximate surface area is 216 Å².